The van der Waals surface area contributed by atoms with Crippen molar-refractivity contribution in [3.05, 3.63) is 46.8 Å². The standard InChI is InChI=1S/C18H23N5O2.ClH/c24-18(17-15-11-19-6-5-16(15)21-22-17)20-14-3-1-13(2-4-14)12-23-7-9-25-10-8-23;/h1-4,19H,5-12H2,(H,20,24)(H,21,22);1H. The number of fused-ring (bicyclic) bond motifs is 1. The molecular weight excluding hydrogens is 354 g/mol. The number of nitrogens with zero attached hydrogens (tertiary/aromatic N) is 2. The van der Waals surface area contributed by atoms with Crippen LogP contribution in [0.1, 0.15) is 27.3 Å². The summed E-state index contributed by atoms with van der Waals surface area (Å²) < 4.78 is 5.37. The molecule has 1 aromatic carbocycles. The number of ether oxygens (including phenoxy) is 1. The van der Waals surface area contributed by atoms with Crippen LogP contribution in [-0.4, -0.2) is 53.9 Å². The fourth-order valence-corrected chi connectivity index (χ4v) is 3.31. The van der Waals surface area contributed by atoms with Crippen LogP contribution in [0.2, 0.25) is 0 Å². The molecule has 1 saturated heterocycles. The number of halogens is 1. The minimum atomic E-state index is -0.165. The molecule has 140 valence electrons. The quantitative estimate of drug-likeness (QED) is 0.753. The first-order chi connectivity index (χ1) is 12.3. The third-order valence-electron chi connectivity index (χ3n) is 4.74. The summed E-state index contributed by atoms with van der Waals surface area (Å²) in [6, 6.07) is 8.02. The lowest BCUT2D eigenvalue weighted by molar-refractivity contribution is 0.0342. The van der Waals surface area contributed by atoms with Gasteiger partial charge in [-0.05, 0) is 17.7 Å². The number of anilines is 1. The molecule has 2 aromatic rings. The highest BCUT2D eigenvalue weighted by atomic mass is 35.5. The van der Waals surface area contributed by atoms with Gasteiger partial charge < -0.3 is 15.4 Å². The Balaban J connectivity index is 0.00000196. The molecule has 1 fully saturated rings. The predicted molar refractivity (Wildman–Crippen MR) is 102 cm³/mol. The Morgan fingerprint density at radius 1 is 1.23 bits per heavy atom. The van der Waals surface area contributed by atoms with Crippen molar-refractivity contribution >= 4 is 24.0 Å². The molecule has 0 radical (unpaired) electrons. The largest absolute Gasteiger partial charge is 0.379 e. The van der Waals surface area contributed by atoms with E-state index < -0.39 is 0 Å². The van der Waals surface area contributed by atoms with E-state index in [1.54, 1.807) is 0 Å². The summed E-state index contributed by atoms with van der Waals surface area (Å²) in [6.07, 6.45) is 0.881. The third kappa shape index (κ3) is 4.24. The topological polar surface area (TPSA) is 82.3 Å². The fraction of sp³-hybridized carbons (Fsp3) is 0.444. The van der Waals surface area contributed by atoms with E-state index in [4.69, 9.17) is 4.74 Å². The van der Waals surface area contributed by atoms with Crippen molar-refractivity contribution in [1.29, 1.82) is 0 Å². The number of amides is 1. The second-order valence-electron chi connectivity index (χ2n) is 6.50. The number of hydrogen-bond donors (Lipinski definition) is 3. The highest BCUT2D eigenvalue weighted by molar-refractivity contribution is 6.04. The zero-order valence-corrected chi connectivity index (χ0v) is 15.4. The normalized spacial score (nSPS) is 17.2. The summed E-state index contributed by atoms with van der Waals surface area (Å²) in [4.78, 5) is 14.9. The first-order valence-corrected chi connectivity index (χ1v) is 8.77. The Kier molecular flexibility index (Phi) is 6.26. The molecule has 7 nitrogen and oxygen atoms in total. The van der Waals surface area contributed by atoms with E-state index in [1.807, 2.05) is 12.1 Å². The molecule has 8 heteroatoms. The first kappa shape index (κ1) is 18.8. The Bertz CT molecular complexity index is 741. The van der Waals surface area contributed by atoms with Crippen molar-refractivity contribution in [2.45, 2.75) is 19.5 Å². The van der Waals surface area contributed by atoms with Crippen LogP contribution < -0.4 is 10.6 Å². The molecule has 0 saturated carbocycles. The van der Waals surface area contributed by atoms with Gasteiger partial charge in [-0.3, -0.25) is 14.8 Å². The van der Waals surface area contributed by atoms with Gasteiger partial charge in [0.1, 0.15) is 0 Å². The molecule has 0 bridgehead atoms. The van der Waals surface area contributed by atoms with E-state index in [2.05, 4.69) is 37.9 Å². The number of morpholine rings is 1. The number of carbonyl (C=O) groups excluding carboxylic acids is 1. The Morgan fingerprint density at radius 3 is 2.77 bits per heavy atom. The van der Waals surface area contributed by atoms with Crippen LogP contribution in [0.4, 0.5) is 5.69 Å². The molecule has 3 heterocycles. The zero-order chi connectivity index (χ0) is 17.1. The zero-order valence-electron chi connectivity index (χ0n) is 14.6. The summed E-state index contributed by atoms with van der Waals surface area (Å²) in [6.45, 7) is 6.06. The number of hydrogen-bond acceptors (Lipinski definition) is 5. The maximum atomic E-state index is 12.5. The Morgan fingerprint density at radius 2 is 2.00 bits per heavy atom. The van der Waals surface area contributed by atoms with Gasteiger partial charge in [-0.2, -0.15) is 5.10 Å². The van der Waals surface area contributed by atoms with Crippen LogP contribution >= 0.6 is 12.4 Å². The number of aromatic nitrogens is 2. The third-order valence-corrected chi connectivity index (χ3v) is 4.74. The summed E-state index contributed by atoms with van der Waals surface area (Å²) >= 11 is 0. The molecule has 0 aliphatic carbocycles. The fourth-order valence-electron chi connectivity index (χ4n) is 3.31. The molecule has 26 heavy (non-hydrogen) atoms. The molecule has 3 N–H and O–H groups in total. The number of carbonyl (C=O) groups is 1. The van der Waals surface area contributed by atoms with Crippen LogP contribution in [0.15, 0.2) is 24.3 Å². The lowest BCUT2D eigenvalue weighted by atomic mass is 10.1. The summed E-state index contributed by atoms with van der Waals surface area (Å²) in [7, 11) is 0. The van der Waals surface area contributed by atoms with Crippen molar-refractivity contribution in [1.82, 2.24) is 20.4 Å². The van der Waals surface area contributed by atoms with Gasteiger partial charge in [-0.25, -0.2) is 0 Å². The molecular formula is C18H24ClN5O2. The van der Waals surface area contributed by atoms with Crippen molar-refractivity contribution in [3.8, 4) is 0 Å². The monoisotopic (exact) mass is 377 g/mol. The Hall–Kier alpha value is -1.93. The van der Waals surface area contributed by atoms with Gasteiger partial charge in [0.2, 0.25) is 0 Å². The van der Waals surface area contributed by atoms with E-state index in [0.29, 0.717) is 12.2 Å². The molecule has 1 amide bonds. The smallest absolute Gasteiger partial charge is 0.276 e. The van der Waals surface area contributed by atoms with E-state index in [1.165, 1.54) is 5.56 Å². The summed E-state index contributed by atoms with van der Waals surface area (Å²) in [5.41, 5.74) is 4.55. The van der Waals surface area contributed by atoms with E-state index in [9.17, 15) is 4.79 Å². The van der Waals surface area contributed by atoms with Crippen LogP contribution in [0.25, 0.3) is 0 Å². The van der Waals surface area contributed by atoms with E-state index in [-0.39, 0.29) is 18.3 Å². The summed E-state index contributed by atoms with van der Waals surface area (Å²) in [5.74, 6) is -0.165. The number of rotatable bonds is 4. The molecule has 1 aromatic heterocycles. The molecule has 2 aliphatic heterocycles. The van der Waals surface area contributed by atoms with Gasteiger partial charge in [0.25, 0.3) is 5.91 Å². The summed E-state index contributed by atoms with van der Waals surface area (Å²) in [5, 5.41) is 13.4. The average molecular weight is 378 g/mol. The van der Waals surface area contributed by atoms with E-state index >= 15 is 0 Å². The van der Waals surface area contributed by atoms with Crippen LogP contribution in [0.3, 0.4) is 0 Å². The van der Waals surface area contributed by atoms with E-state index in [0.717, 1.165) is 62.8 Å². The molecule has 0 unspecified atom stereocenters. The lowest BCUT2D eigenvalue weighted by Crippen LogP contribution is -2.35. The van der Waals surface area contributed by atoms with Gasteiger partial charge in [-0.15, -0.1) is 12.4 Å². The number of benzene rings is 1. The van der Waals surface area contributed by atoms with Gasteiger partial charge in [-0.1, -0.05) is 12.1 Å². The maximum absolute atomic E-state index is 12.5. The maximum Gasteiger partial charge on any atom is 0.276 e. The Labute approximate surface area is 158 Å². The average Bonchev–Trinajstić information content (AvgIpc) is 3.08. The SMILES string of the molecule is Cl.O=C(Nc1ccc(CN2CCOCC2)cc1)c1n[nH]c2c1CNCC2. The molecule has 0 atom stereocenters. The number of nitrogens with one attached hydrogen (secondary N) is 3. The second kappa shape index (κ2) is 8.64. The second-order valence-corrected chi connectivity index (χ2v) is 6.50. The number of aromatic amines is 1. The van der Waals surface area contributed by atoms with Gasteiger partial charge in [0.05, 0.1) is 13.2 Å². The van der Waals surface area contributed by atoms with Crippen LogP contribution in [0.5, 0.6) is 0 Å². The van der Waals surface area contributed by atoms with Crippen LogP contribution in [-0.2, 0) is 24.2 Å². The van der Waals surface area contributed by atoms with Gasteiger partial charge in [0, 0.05) is 56.1 Å². The predicted octanol–water partition coefficient (Wildman–Crippen LogP) is 1.56. The minimum Gasteiger partial charge on any atom is -0.379 e. The highest BCUT2D eigenvalue weighted by Gasteiger charge is 2.21. The van der Waals surface area contributed by atoms with Gasteiger partial charge >= 0.3 is 0 Å². The molecule has 0 spiro atoms. The van der Waals surface area contributed by atoms with Gasteiger partial charge in [0.15, 0.2) is 5.69 Å². The van der Waals surface area contributed by atoms with Crippen molar-refractivity contribution in [2.24, 2.45) is 0 Å². The van der Waals surface area contributed by atoms with Crippen molar-refractivity contribution in [2.75, 3.05) is 38.2 Å². The lowest BCUT2D eigenvalue weighted by Gasteiger charge is -2.26. The minimum absolute atomic E-state index is 0. The molecule has 4 rings (SSSR count). The number of H-pyrrole nitrogens is 1. The van der Waals surface area contributed by atoms with Crippen LogP contribution in [0, 0.1) is 0 Å². The van der Waals surface area contributed by atoms with Crippen molar-refractivity contribution < 1.29 is 9.53 Å². The molecule has 2 aliphatic rings. The highest BCUT2D eigenvalue weighted by Crippen LogP contribution is 2.18. The van der Waals surface area contributed by atoms with Crippen molar-refractivity contribution in [3.63, 3.8) is 0 Å². The first-order valence-electron chi connectivity index (χ1n) is 8.77.